The molecule has 0 aliphatic heterocycles. The van der Waals surface area contributed by atoms with Gasteiger partial charge in [-0.2, -0.15) is 0 Å². The summed E-state index contributed by atoms with van der Waals surface area (Å²) in [6, 6.07) is 11.5. The van der Waals surface area contributed by atoms with E-state index in [1.54, 1.807) is 24.3 Å². The second kappa shape index (κ2) is 7.37. The summed E-state index contributed by atoms with van der Waals surface area (Å²) >= 11 is 1.44. The van der Waals surface area contributed by atoms with E-state index in [0.717, 1.165) is 37.9 Å². The van der Waals surface area contributed by atoms with Gasteiger partial charge in [0.1, 0.15) is 5.82 Å². The van der Waals surface area contributed by atoms with Gasteiger partial charge in [-0.05, 0) is 68.3 Å². The number of rotatable bonds is 5. The van der Waals surface area contributed by atoms with Crippen molar-refractivity contribution in [2.75, 3.05) is 0 Å². The van der Waals surface area contributed by atoms with Gasteiger partial charge in [0, 0.05) is 28.9 Å². The van der Waals surface area contributed by atoms with Crippen molar-refractivity contribution in [2.45, 2.75) is 32.2 Å². The smallest absolute Gasteiger partial charge is 0.240 e. The zero-order valence-corrected chi connectivity index (χ0v) is 17.9. The number of hydrogen-bond acceptors (Lipinski definition) is 4. The molecule has 0 bridgehead atoms. The highest BCUT2D eigenvalue weighted by molar-refractivity contribution is 7.89. The predicted molar refractivity (Wildman–Crippen MR) is 113 cm³/mol. The van der Waals surface area contributed by atoms with Crippen LogP contribution in [0.15, 0.2) is 53.6 Å². The Morgan fingerprint density at radius 3 is 2.34 bits per heavy atom. The van der Waals surface area contributed by atoms with Crippen molar-refractivity contribution in [3.8, 4) is 11.3 Å². The number of imidazole rings is 1. The van der Waals surface area contributed by atoms with Crippen LogP contribution in [0.5, 0.6) is 0 Å². The predicted octanol–water partition coefficient (Wildman–Crippen LogP) is 4.61. The second-order valence-electron chi connectivity index (χ2n) is 7.04. The summed E-state index contributed by atoms with van der Waals surface area (Å²) in [4.78, 5) is 6.53. The summed E-state index contributed by atoms with van der Waals surface area (Å²) in [5.74, 6) is -0.288. The largest absolute Gasteiger partial charge is 0.294 e. The molecule has 5 nitrogen and oxygen atoms in total. The van der Waals surface area contributed by atoms with Crippen molar-refractivity contribution in [2.24, 2.45) is 0 Å². The number of aryl methyl sites for hydroxylation is 3. The summed E-state index contributed by atoms with van der Waals surface area (Å²) in [6.07, 6.45) is 1.89. The minimum atomic E-state index is -3.60. The van der Waals surface area contributed by atoms with Crippen molar-refractivity contribution in [3.63, 3.8) is 0 Å². The molecule has 2 heterocycles. The molecule has 0 atom stereocenters. The quantitative estimate of drug-likeness (QED) is 0.504. The van der Waals surface area contributed by atoms with Crippen LogP contribution in [-0.2, 0) is 16.6 Å². The van der Waals surface area contributed by atoms with E-state index in [1.165, 1.54) is 23.5 Å². The molecule has 0 saturated carbocycles. The SMILES string of the molecule is Cc1cc(C)cc(S(=O)(=O)NCc2sc3nc(-c4ccc(F)cc4)cn3c2C)c1. The zero-order valence-electron chi connectivity index (χ0n) is 16.2. The lowest BCUT2D eigenvalue weighted by Gasteiger charge is -2.08. The fourth-order valence-electron chi connectivity index (χ4n) is 3.25. The fourth-order valence-corrected chi connectivity index (χ4v) is 5.57. The third kappa shape index (κ3) is 3.96. The Hall–Kier alpha value is -2.55. The number of hydrogen-bond donors (Lipinski definition) is 1. The number of thiazole rings is 1. The van der Waals surface area contributed by atoms with Crippen LogP contribution in [0.2, 0.25) is 0 Å². The maximum Gasteiger partial charge on any atom is 0.240 e. The van der Waals surface area contributed by atoms with Crippen LogP contribution < -0.4 is 4.72 Å². The Labute approximate surface area is 172 Å². The average Bonchev–Trinajstić information content (AvgIpc) is 3.19. The molecule has 0 saturated heterocycles. The number of aromatic nitrogens is 2. The molecular formula is C21H20FN3O2S2. The van der Waals surface area contributed by atoms with Gasteiger partial charge in [-0.15, -0.1) is 0 Å². The minimum absolute atomic E-state index is 0.196. The Kier molecular flexibility index (Phi) is 5.02. The highest BCUT2D eigenvalue weighted by Crippen LogP contribution is 2.27. The molecule has 2 aromatic carbocycles. The van der Waals surface area contributed by atoms with Crippen LogP contribution >= 0.6 is 11.3 Å². The highest BCUT2D eigenvalue weighted by atomic mass is 32.2. The molecule has 0 unspecified atom stereocenters. The summed E-state index contributed by atoms with van der Waals surface area (Å²) in [6.45, 7) is 5.88. The van der Waals surface area contributed by atoms with E-state index in [9.17, 15) is 12.8 Å². The van der Waals surface area contributed by atoms with Gasteiger partial charge < -0.3 is 0 Å². The molecule has 0 fully saturated rings. The molecule has 1 N–H and O–H groups in total. The molecule has 29 heavy (non-hydrogen) atoms. The molecule has 150 valence electrons. The van der Waals surface area contributed by atoms with Crippen LogP contribution in [0.4, 0.5) is 4.39 Å². The van der Waals surface area contributed by atoms with Crippen LogP contribution in [0.3, 0.4) is 0 Å². The van der Waals surface area contributed by atoms with Crippen molar-refractivity contribution >= 4 is 26.3 Å². The van der Waals surface area contributed by atoms with Gasteiger partial charge in [-0.1, -0.05) is 17.4 Å². The topological polar surface area (TPSA) is 63.5 Å². The third-order valence-corrected chi connectivity index (χ3v) is 7.26. The van der Waals surface area contributed by atoms with Gasteiger partial charge in [0.15, 0.2) is 4.96 Å². The molecule has 0 spiro atoms. The van der Waals surface area contributed by atoms with Crippen molar-refractivity contribution in [3.05, 3.63) is 76.2 Å². The maximum absolute atomic E-state index is 13.1. The number of sulfonamides is 1. The first-order valence-corrected chi connectivity index (χ1v) is 11.3. The first kappa shape index (κ1) is 19.8. The van der Waals surface area contributed by atoms with Crippen molar-refractivity contribution in [1.29, 1.82) is 0 Å². The van der Waals surface area contributed by atoms with Crippen molar-refractivity contribution < 1.29 is 12.8 Å². The van der Waals surface area contributed by atoms with E-state index in [2.05, 4.69) is 9.71 Å². The lowest BCUT2D eigenvalue weighted by Crippen LogP contribution is -2.23. The first-order valence-electron chi connectivity index (χ1n) is 9.04. The Bertz CT molecular complexity index is 1290. The van der Waals surface area contributed by atoms with Crippen LogP contribution in [0.25, 0.3) is 16.2 Å². The number of nitrogens with zero attached hydrogens (tertiary/aromatic N) is 2. The lowest BCUT2D eigenvalue weighted by molar-refractivity contribution is 0.581. The summed E-state index contributed by atoms with van der Waals surface area (Å²) in [7, 11) is -3.60. The molecule has 0 amide bonds. The van der Waals surface area contributed by atoms with E-state index < -0.39 is 10.0 Å². The Morgan fingerprint density at radius 2 is 1.72 bits per heavy atom. The molecule has 0 aliphatic carbocycles. The highest BCUT2D eigenvalue weighted by Gasteiger charge is 2.18. The van der Waals surface area contributed by atoms with E-state index in [-0.39, 0.29) is 17.3 Å². The Balaban J connectivity index is 1.58. The minimum Gasteiger partial charge on any atom is -0.294 e. The molecule has 4 aromatic rings. The standard InChI is InChI=1S/C21H20FN3O2S2/c1-13-8-14(2)10-18(9-13)29(26,27)23-11-20-15(3)25-12-19(24-21(25)28-20)16-4-6-17(22)7-5-16/h4-10,12,23H,11H2,1-3H3. The van der Waals surface area contributed by atoms with Gasteiger partial charge >= 0.3 is 0 Å². The maximum atomic E-state index is 13.1. The Morgan fingerprint density at radius 1 is 1.07 bits per heavy atom. The molecular weight excluding hydrogens is 409 g/mol. The molecule has 8 heteroatoms. The molecule has 4 rings (SSSR count). The van der Waals surface area contributed by atoms with Gasteiger partial charge in [-0.25, -0.2) is 22.5 Å². The van der Waals surface area contributed by atoms with E-state index >= 15 is 0 Å². The number of nitrogens with one attached hydrogen (secondary N) is 1. The van der Waals surface area contributed by atoms with Crippen LogP contribution in [0.1, 0.15) is 21.7 Å². The van der Waals surface area contributed by atoms with Gasteiger partial charge in [0.05, 0.1) is 10.6 Å². The lowest BCUT2D eigenvalue weighted by atomic mass is 10.2. The summed E-state index contributed by atoms with van der Waals surface area (Å²) in [5.41, 5.74) is 4.32. The first-order chi connectivity index (χ1) is 13.7. The average molecular weight is 430 g/mol. The third-order valence-electron chi connectivity index (χ3n) is 4.72. The van der Waals surface area contributed by atoms with E-state index in [0.29, 0.717) is 0 Å². The molecule has 0 aliphatic rings. The summed E-state index contributed by atoms with van der Waals surface area (Å²) in [5, 5.41) is 0. The van der Waals surface area contributed by atoms with Crippen LogP contribution in [0, 0.1) is 26.6 Å². The molecule has 2 aromatic heterocycles. The molecule has 0 radical (unpaired) electrons. The van der Waals surface area contributed by atoms with Gasteiger partial charge in [0.2, 0.25) is 10.0 Å². The monoisotopic (exact) mass is 429 g/mol. The van der Waals surface area contributed by atoms with Crippen LogP contribution in [-0.4, -0.2) is 17.8 Å². The van der Waals surface area contributed by atoms with Gasteiger partial charge in [-0.3, -0.25) is 4.40 Å². The van der Waals surface area contributed by atoms with E-state index in [4.69, 9.17) is 0 Å². The normalized spacial score (nSPS) is 12.0. The number of benzene rings is 2. The van der Waals surface area contributed by atoms with Crippen molar-refractivity contribution in [1.82, 2.24) is 14.1 Å². The fraction of sp³-hybridized carbons (Fsp3) is 0.190. The number of halogens is 1. The second-order valence-corrected chi connectivity index (χ2v) is 9.87. The summed E-state index contributed by atoms with van der Waals surface area (Å²) < 4.78 is 43.1. The van der Waals surface area contributed by atoms with E-state index in [1.807, 2.05) is 37.4 Å². The zero-order chi connectivity index (χ0) is 20.8. The number of fused-ring (bicyclic) bond motifs is 1. The van der Waals surface area contributed by atoms with Gasteiger partial charge in [0.25, 0.3) is 0 Å².